The SMILES string of the molecule is CC1OC(COS(=O)(=O)O)C(OC2OC(C(=O)O)C(OC3OC(COS(=O)(=O)O)C(OC4OC(C(=O)O)C(OC5OC(COS(=O)(=O)O)C(C)C(O)C5C)C(O)C4O)C(OSOOO)C3NS(=O)(=O)O)C(O)C2OOOSO)C(O)C1NS(=O)(=O)O. The summed E-state index contributed by atoms with van der Waals surface area (Å²) in [6.45, 7) is -0.298. The van der Waals surface area contributed by atoms with Gasteiger partial charge < -0.3 is 82.9 Å². The van der Waals surface area contributed by atoms with Crippen LogP contribution >= 0.6 is 24.6 Å². The third-order valence-electron chi connectivity index (χ3n) is 12.9. The largest absolute Gasteiger partial charge is 0.479 e. The van der Waals surface area contributed by atoms with Gasteiger partial charge in [-0.2, -0.15) is 56.4 Å². The van der Waals surface area contributed by atoms with E-state index in [1.165, 1.54) is 18.6 Å². The number of ether oxygens (including phenoxy) is 9. The number of rotatable bonds is 31. The van der Waals surface area contributed by atoms with E-state index in [-0.39, 0.29) is 0 Å². The molecule has 25 atom stereocenters. The highest BCUT2D eigenvalue weighted by atomic mass is 32.3. The Morgan fingerprint density at radius 2 is 0.953 bits per heavy atom. The van der Waals surface area contributed by atoms with Crippen molar-refractivity contribution < 1.29 is 203 Å². The highest BCUT2D eigenvalue weighted by Gasteiger charge is 2.60. The van der Waals surface area contributed by atoms with Gasteiger partial charge in [-0.05, 0) is 6.92 Å². The van der Waals surface area contributed by atoms with Crippen molar-refractivity contribution in [3.63, 3.8) is 0 Å². The highest BCUT2D eigenvalue weighted by molar-refractivity contribution is 7.89. The molecule has 0 amide bonds. The molecule has 25 unspecified atom stereocenters. The molecular weight excluding hydrogens is 1350 g/mol. The van der Waals surface area contributed by atoms with Gasteiger partial charge in [0.15, 0.2) is 68.1 Å². The van der Waals surface area contributed by atoms with Gasteiger partial charge in [0, 0.05) is 11.8 Å². The molecule has 504 valence electrons. The van der Waals surface area contributed by atoms with E-state index in [9.17, 15) is 106 Å². The summed E-state index contributed by atoms with van der Waals surface area (Å²) in [5, 5.41) is 94.6. The van der Waals surface area contributed by atoms with Gasteiger partial charge in [0.05, 0.1) is 44.2 Å². The molecule has 0 bridgehead atoms. The van der Waals surface area contributed by atoms with Crippen LogP contribution in [0.15, 0.2) is 0 Å². The molecule has 5 heterocycles. The standard InChI is InChI=1S/C33H56N2O44S7/c1-7-10(4-62-84(53,54)55)66-30(8(2)15(7)36)70-23-17(38)18(39)32(72-26(23)28(41)42)69-21-12(6-64-86(59,60)61)67-31(14(35-83(50,51)52)22(21)75-81-78-76-45)71-24-19(40)25(74-77-79-80-46)33(73-27(24)29(43)44)68-20-11(5-63-85(56,57)58)65-9(3)13(16(20)37)34-82(47,48)49/h7-27,30-40,45-46H,4-6H2,1-3H3,(H,41,42)(H,43,44)(H,47,48,49)(H,50,51,52)(H,53,54,55)(H,56,57,58)(H,59,60,61). The van der Waals surface area contributed by atoms with Crippen LogP contribution in [0.4, 0.5) is 0 Å². The molecule has 0 radical (unpaired) electrons. The summed E-state index contributed by atoms with van der Waals surface area (Å²) in [4.78, 5) is 30.8. The van der Waals surface area contributed by atoms with Gasteiger partial charge in [-0.1, -0.05) is 23.9 Å². The summed E-state index contributed by atoms with van der Waals surface area (Å²) in [5.74, 6) is -6.48. The second-order valence-corrected chi connectivity index (χ2v) is 24.9. The summed E-state index contributed by atoms with van der Waals surface area (Å²) < 4.78 is 256. The van der Waals surface area contributed by atoms with Crippen molar-refractivity contribution in [3.8, 4) is 0 Å². The zero-order valence-electron chi connectivity index (χ0n) is 42.9. The monoisotopic (exact) mass is 1410 g/mol. The normalized spacial score (nSPS) is 39.6. The van der Waals surface area contributed by atoms with E-state index in [4.69, 9.17) is 66.1 Å². The van der Waals surface area contributed by atoms with Crippen LogP contribution < -0.4 is 9.44 Å². The summed E-state index contributed by atoms with van der Waals surface area (Å²) in [6, 6.07) is -4.69. The zero-order valence-corrected chi connectivity index (χ0v) is 48.6. The number of carboxylic acid groups (broad SMARTS) is 2. The molecular formula is C33H56N2O44S7. The fourth-order valence-electron chi connectivity index (χ4n) is 9.05. The Bertz CT molecular complexity index is 2810. The van der Waals surface area contributed by atoms with Gasteiger partial charge >= 0.3 is 63.7 Å². The average molecular weight is 1410 g/mol. The quantitative estimate of drug-likeness (QED) is 0.0101. The van der Waals surface area contributed by atoms with Gasteiger partial charge in [0.2, 0.25) is 0 Å². The molecule has 5 aliphatic rings. The molecule has 86 heavy (non-hydrogen) atoms. The Kier molecular flexibility index (Phi) is 27.1. The zero-order chi connectivity index (χ0) is 64.8. The van der Waals surface area contributed by atoms with Crippen molar-refractivity contribution in [1.29, 1.82) is 0 Å². The Hall–Kier alpha value is -1.89. The Balaban J connectivity index is 1.55. The lowest BCUT2D eigenvalue weighted by Crippen LogP contribution is -2.70. The van der Waals surface area contributed by atoms with E-state index >= 15 is 0 Å². The van der Waals surface area contributed by atoms with E-state index in [0.717, 1.165) is 6.92 Å². The maximum absolute atomic E-state index is 13.1. The first-order chi connectivity index (χ1) is 39.6. The van der Waals surface area contributed by atoms with Gasteiger partial charge in [0.25, 0.3) is 0 Å². The van der Waals surface area contributed by atoms with Gasteiger partial charge in [-0.15, -0.1) is 8.67 Å². The predicted octanol–water partition coefficient (Wildman–Crippen LogP) is -7.82. The lowest BCUT2D eigenvalue weighted by Gasteiger charge is -2.50. The van der Waals surface area contributed by atoms with Crippen LogP contribution in [0.3, 0.4) is 0 Å². The number of hydrogen-bond donors (Lipinski definition) is 16. The van der Waals surface area contributed by atoms with E-state index in [1.807, 2.05) is 0 Å². The lowest BCUT2D eigenvalue weighted by molar-refractivity contribution is -0.512. The molecule has 0 spiro atoms. The summed E-state index contributed by atoms with van der Waals surface area (Å²) in [7, 11) is -27.2. The highest BCUT2D eigenvalue weighted by Crippen LogP contribution is 2.40. The minimum Gasteiger partial charge on any atom is -0.479 e. The van der Waals surface area contributed by atoms with Crippen molar-refractivity contribution in [2.75, 3.05) is 19.8 Å². The van der Waals surface area contributed by atoms with Gasteiger partial charge in [0.1, 0.15) is 73.2 Å². The number of carboxylic acids is 2. The molecule has 16 N–H and O–H groups in total. The molecule has 5 fully saturated rings. The first-order valence-corrected chi connectivity index (χ1v) is 31.7. The summed E-state index contributed by atoms with van der Waals surface area (Å²) >= 11 is -1.15. The first-order valence-electron chi connectivity index (χ1n) is 23.4. The van der Waals surface area contributed by atoms with Crippen LogP contribution in [0.5, 0.6) is 0 Å². The minimum absolute atomic E-state index is 0.538. The molecule has 53 heteroatoms. The second kappa shape index (κ2) is 31.2. The minimum atomic E-state index is -5.81. The van der Waals surface area contributed by atoms with Crippen molar-refractivity contribution in [3.05, 3.63) is 0 Å². The number of aliphatic carboxylic acids is 2. The van der Waals surface area contributed by atoms with Crippen molar-refractivity contribution in [2.24, 2.45) is 11.8 Å². The van der Waals surface area contributed by atoms with Crippen LogP contribution in [-0.4, -0.2) is 283 Å². The Morgan fingerprint density at radius 3 is 1.47 bits per heavy atom. The number of hydrogen-bond acceptors (Lipinski definition) is 39. The smallest absolute Gasteiger partial charge is 0.397 e. The molecule has 0 aliphatic carbocycles. The molecule has 5 rings (SSSR count). The van der Waals surface area contributed by atoms with E-state index < -0.39 is 261 Å². The predicted molar refractivity (Wildman–Crippen MR) is 256 cm³/mol. The van der Waals surface area contributed by atoms with Crippen LogP contribution in [0.1, 0.15) is 20.8 Å². The number of carbonyl (C=O) groups is 2. The van der Waals surface area contributed by atoms with Crippen LogP contribution in [-0.2, 0) is 144 Å². The third-order valence-corrected chi connectivity index (χ3v) is 15.8. The molecule has 5 aliphatic heterocycles. The van der Waals surface area contributed by atoms with Crippen molar-refractivity contribution >= 4 is 88.4 Å². The van der Waals surface area contributed by atoms with Crippen molar-refractivity contribution in [1.82, 2.24) is 9.44 Å². The maximum Gasteiger partial charge on any atom is 0.397 e. The molecule has 0 aromatic carbocycles. The summed E-state index contributed by atoms with van der Waals surface area (Å²) in [5.41, 5.74) is 0. The molecule has 0 aromatic rings. The number of nitrogens with one attached hydrogen (secondary N) is 2. The van der Waals surface area contributed by atoms with Gasteiger partial charge in [-0.3, -0.25) is 26.9 Å². The summed E-state index contributed by atoms with van der Waals surface area (Å²) in [6.07, 6.45) is -50.0. The molecule has 0 aromatic heterocycles. The van der Waals surface area contributed by atoms with Crippen LogP contribution in [0.2, 0.25) is 0 Å². The third kappa shape index (κ3) is 21.1. The Labute approximate surface area is 492 Å². The maximum atomic E-state index is 13.1. The first kappa shape index (κ1) is 74.8. The average Bonchev–Trinajstić information content (AvgIpc) is 1.25. The molecule has 46 nitrogen and oxygen atoms in total. The topological polar surface area (TPSA) is 678 Å². The lowest BCUT2D eigenvalue weighted by atomic mass is 9.86. The van der Waals surface area contributed by atoms with E-state index in [1.54, 1.807) is 4.72 Å². The van der Waals surface area contributed by atoms with Crippen LogP contribution in [0.25, 0.3) is 0 Å². The van der Waals surface area contributed by atoms with E-state index in [2.05, 4.69) is 31.3 Å². The van der Waals surface area contributed by atoms with Crippen molar-refractivity contribution in [2.45, 2.75) is 162 Å². The molecule has 0 saturated carbocycles. The fourth-order valence-corrected chi connectivity index (χ4v) is 11.7. The number of aliphatic hydroxyl groups is 5. The second-order valence-electron chi connectivity index (χ2n) is 18.5. The number of aliphatic hydroxyl groups excluding tert-OH is 5. The molecule has 5 saturated heterocycles. The van der Waals surface area contributed by atoms with E-state index in [0.29, 0.717) is 0 Å². The Morgan fingerprint density at radius 1 is 0.488 bits per heavy atom. The van der Waals surface area contributed by atoms with Crippen LogP contribution in [0, 0.1) is 11.8 Å². The fraction of sp³-hybridized carbons (Fsp3) is 0.939. The van der Waals surface area contributed by atoms with Gasteiger partial charge in [-0.25, -0.2) is 27.4 Å².